The van der Waals surface area contributed by atoms with Crippen molar-refractivity contribution in [3.63, 3.8) is 0 Å². The predicted molar refractivity (Wildman–Crippen MR) is 285 cm³/mol. The number of ether oxygens (including phenoxy) is 4. The number of carbonyl (C=O) groups is 3. The van der Waals surface area contributed by atoms with Crippen molar-refractivity contribution in [2.75, 3.05) is 43.3 Å². The van der Waals surface area contributed by atoms with Gasteiger partial charge in [-0.2, -0.15) is 9.29 Å². The number of hydrogen-bond donors (Lipinski definition) is 1. The largest absolute Gasteiger partial charge is 0.457 e. The molecule has 5 aromatic rings. The molecule has 5 fully saturated rings. The number of anilines is 2. The summed E-state index contributed by atoms with van der Waals surface area (Å²) in [5, 5.41) is 3.48. The van der Waals surface area contributed by atoms with Gasteiger partial charge in [-0.1, -0.05) is 43.9 Å². The van der Waals surface area contributed by atoms with Crippen LogP contribution < -0.4 is 20.6 Å². The molecule has 75 heavy (non-hydrogen) atoms. The fourth-order valence-corrected chi connectivity index (χ4v) is 13.8. The number of likely N-dealkylation sites (tertiary alicyclic amines) is 1. The van der Waals surface area contributed by atoms with Gasteiger partial charge in [0.05, 0.1) is 27.4 Å². The number of rotatable bonds is 16. The lowest BCUT2D eigenvalue weighted by atomic mass is 9.91. The normalized spacial score (nSPS) is 23.5. The average Bonchev–Trinajstić information content (AvgIpc) is 4.16. The third kappa shape index (κ3) is 10.3. The van der Waals surface area contributed by atoms with Crippen LogP contribution in [-0.2, 0) is 51.1 Å². The summed E-state index contributed by atoms with van der Waals surface area (Å²) in [6.07, 6.45) is 11.4. The van der Waals surface area contributed by atoms with Crippen LogP contribution in [0.1, 0.15) is 95.1 Å². The molecule has 4 aliphatic heterocycles. The summed E-state index contributed by atoms with van der Waals surface area (Å²) in [4.78, 5) is 67.3. The highest BCUT2D eigenvalue weighted by Gasteiger charge is 2.61. The quantitative estimate of drug-likeness (QED) is 0.0566. The first kappa shape index (κ1) is 51.3. The Bertz CT molecular complexity index is 3160. The summed E-state index contributed by atoms with van der Waals surface area (Å²) in [6.45, 7) is 8.38. The van der Waals surface area contributed by atoms with Crippen molar-refractivity contribution >= 4 is 58.6 Å². The number of hydrogen-bond acceptors (Lipinski definition) is 13. The fraction of sp³-hybridized carbons (Fsp3) is 0.527. The summed E-state index contributed by atoms with van der Waals surface area (Å²) in [5.41, 5.74) is 2.98. The molecule has 398 valence electrons. The monoisotopic (exact) mass is 1060 g/mol. The predicted octanol–water partition coefficient (Wildman–Crippen LogP) is 8.09. The third-order valence-electron chi connectivity index (χ3n) is 16.1. The molecule has 6 aliphatic rings. The lowest BCUT2D eigenvalue weighted by molar-refractivity contribution is -0.193. The highest BCUT2D eigenvalue weighted by atomic mass is 32.2. The Kier molecular flexibility index (Phi) is 14.1. The van der Waals surface area contributed by atoms with Gasteiger partial charge in [0.2, 0.25) is 27.8 Å². The van der Waals surface area contributed by atoms with Crippen molar-refractivity contribution in [3.8, 4) is 22.6 Å². The van der Waals surface area contributed by atoms with Gasteiger partial charge in [-0.3, -0.25) is 33.3 Å². The molecule has 11 rings (SSSR count). The molecular formula is C55H68N8O10SSi. The molecule has 20 heteroatoms. The number of fused-ring (bicyclic) bond motifs is 3. The number of nitrogens with one attached hydrogen (secondary N) is 1. The van der Waals surface area contributed by atoms with Crippen LogP contribution in [0.5, 0.6) is 11.5 Å². The molecule has 2 saturated carbocycles. The molecule has 0 bridgehead atoms. The zero-order valence-electron chi connectivity index (χ0n) is 43.4. The van der Waals surface area contributed by atoms with Crippen molar-refractivity contribution in [2.24, 2.45) is 7.05 Å². The smallest absolute Gasteiger partial charge is 0.329 e. The van der Waals surface area contributed by atoms with E-state index in [2.05, 4.69) is 25.0 Å². The number of aryl methyl sites for hydroxylation is 1. The number of imidazole rings is 1. The molecule has 0 radical (unpaired) electrons. The number of imide groups is 1. The summed E-state index contributed by atoms with van der Waals surface area (Å²) in [7, 11) is -3.54. The summed E-state index contributed by atoms with van der Waals surface area (Å²) in [5.74, 6) is 1.42. The molecule has 1 spiro atoms. The first-order valence-electron chi connectivity index (χ1n) is 26.8. The zero-order chi connectivity index (χ0) is 52.2. The molecule has 3 aromatic carbocycles. The van der Waals surface area contributed by atoms with Crippen LogP contribution in [0.2, 0.25) is 25.7 Å². The van der Waals surface area contributed by atoms with Crippen LogP contribution in [0.4, 0.5) is 11.8 Å². The lowest BCUT2D eigenvalue weighted by Crippen LogP contribution is -2.48. The molecule has 4 atom stereocenters. The van der Waals surface area contributed by atoms with E-state index >= 15 is 0 Å². The second kappa shape index (κ2) is 20.6. The zero-order valence-corrected chi connectivity index (χ0v) is 45.2. The summed E-state index contributed by atoms with van der Waals surface area (Å²) < 4.78 is 56.9. The SMILES string of the molecule is Cn1c(=O)n(C2CCC(=O)N(COCC[Si](C)(C)C)C2=O)c2ccc(-c3ccc(Oc4cccc(S(=O)(=O)N5CCC(Nc6ncc7c(n6)N([C@@H]6CCC[C@@H](OC8CCCCO8)C6)C(=O)C76CC6)CC5)c4)cc3)cc21. The van der Waals surface area contributed by atoms with Gasteiger partial charge in [0.1, 0.15) is 30.1 Å². The van der Waals surface area contributed by atoms with Gasteiger partial charge in [-0.25, -0.2) is 18.2 Å². The first-order chi connectivity index (χ1) is 36.1. The number of nitrogens with zero attached hydrogens (tertiary/aromatic N) is 7. The molecule has 2 aliphatic carbocycles. The van der Waals surface area contributed by atoms with E-state index in [1.807, 2.05) is 41.4 Å². The third-order valence-corrected chi connectivity index (χ3v) is 19.7. The summed E-state index contributed by atoms with van der Waals surface area (Å²) in [6, 6.07) is 19.6. The first-order valence-corrected chi connectivity index (χ1v) is 32.0. The van der Waals surface area contributed by atoms with E-state index in [0.717, 1.165) is 92.0 Å². The molecule has 3 amide bonds. The Morgan fingerprint density at radius 1 is 0.853 bits per heavy atom. The standard InChI is InChI=1S/C55H68N8O10SSi/c1-59-47-31-37(16-19-45(47)63(54(59)67)46-20-21-48(64)61(51(46)65)35-70-29-30-75(2,3)4)36-14-17-40(18-15-36)72-42-11-8-12-43(33-42)74(68,69)60-26-22-38(23-27-60)57-53-56-34-44-50(58-53)62(52(66)55(44)24-25-55)39-9-7-10-41(32-39)73-49-13-5-6-28-71-49/h8,11-12,14-19,31,33-34,38-39,41,46,49H,5-7,9-10,13,20-30,32,35H2,1-4H3,(H,56,57,58)/t39-,41-,46?,49?/m1/s1. The molecular weight excluding hydrogens is 993 g/mol. The highest BCUT2D eigenvalue weighted by Crippen LogP contribution is 2.58. The average molecular weight is 1060 g/mol. The van der Waals surface area contributed by atoms with E-state index in [1.165, 1.54) is 13.4 Å². The second-order valence-corrected chi connectivity index (χ2v) is 30.0. The van der Waals surface area contributed by atoms with E-state index in [-0.39, 0.29) is 66.4 Å². The van der Waals surface area contributed by atoms with Crippen LogP contribution in [0, 0.1) is 0 Å². The van der Waals surface area contributed by atoms with Crippen molar-refractivity contribution in [3.05, 3.63) is 89.0 Å². The topological polar surface area (TPSA) is 197 Å². The number of amides is 3. The lowest BCUT2D eigenvalue weighted by Gasteiger charge is -2.37. The molecule has 2 unspecified atom stereocenters. The maximum atomic E-state index is 14.1. The number of sulfonamides is 1. The minimum Gasteiger partial charge on any atom is -0.457 e. The van der Waals surface area contributed by atoms with E-state index in [0.29, 0.717) is 66.8 Å². The maximum Gasteiger partial charge on any atom is 0.329 e. The Morgan fingerprint density at radius 2 is 1.64 bits per heavy atom. The van der Waals surface area contributed by atoms with E-state index in [1.54, 1.807) is 43.4 Å². The van der Waals surface area contributed by atoms with Gasteiger partial charge in [-0.15, -0.1) is 0 Å². The fourth-order valence-electron chi connectivity index (χ4n) is 11.6. The summed E-state index contributed by atoms with van der Waals surface area (Å²) >= 11 is 0. The van der Waals surface area contributed by atoms with Crippen LogP contribution in [0.3, 0.4) is 0 Å². The van der Waals surface area contributed by atoms with Gasteiger partial charge in [-0.05, 0) is 131 Å². The number of aromatic nitrogens is 4. The Labute approximate surface area is 438 Å². The maximum absolute atomic E-state index is 14.1. The van der Waals surface area contributed by atoms with Crippen molar-refractivity contribution in [1.82, 2.24) is 28.3 Å². The van der Waals surface area contributed by atoms with Crippen molar-refractivity contribution < 1.29 is 41.7 Å². The van der Waals surface area contributed by atoms with Crippen molar-refractivity contribution in [2.45, 2.75) is 150 Å². The Morgan fingerprint density at radius 3 is 2.39 bits per heavy atom. The minimum atomic E-state index is -3.85. The van der Waals surface area contributed by atoms with Gasteiger partial charge >= 0.3 is 5.69 Å². The van der Waals surface area contributed by atoms with Crippen LogP contribution in [0.15, 0.2) is 82.6 Å². The molecule has 2 aromatic heterocycles. The molecule has 1 N–H and O–H groups in total. The van der Waals surface area contributed by atoms with Crippen LogP contribution in [0.25, 0.3) is 22.2 Å². The highest BCUT2D eigenvalue weighted by molar-refractivity contribution is 7.89. The number of piperidine rings is 2. The molecule has 18 nitrogen and oxygen atoms in total. The van der Waals surface area contributed by atoms with Crippen molar-refractivity contribution in [1.29, 1.82) is 0 Å². The van der Waals surface area contributed by atoms with E-state index in [9.17, 15) is 27.6 Å². The second-order valence-electron chi connectivity index (χ2n) is 22.5. The Balaban J connectivity index is 0.708. The van der Waals surface area contributed by atoms with E-state index < -0.39 is 35.5 Å². The van der Waals surface area contributed by atoms with Gasteiger partial charge < -0.3 is 24.3 Å². The molecule has 3 saturated heterocycles. The Hall–Kier alpha value is -5.77. The van der Waals surface area contributed by atoms with Gasteiger partial charge in [0.15, 0.2) is 6.29 Å². The minimum absolute atomic E-state index is 0.00637. The van der Waals surface area contributed by atoms with Crippen LogP contribution in [-0.4, -0.2) is 120 Å². The number of carbonyl (C=O) groups excluding carboxylic acids is 3. The van der Waals surface area contributed by atoms with Crippen LogP contribution >= 0.6 is 0 Å². The van der Waals surface area contributed by atoms with Gasteiger partial charge in [0.25, 0.3) is 5.91 Å². The van der Waals surface area contributed by atoms with E-state index in [4.69, 9.17) is 28.9 Å². The van der Waals surface area contributed by atoms with Gasteiger partial charge in [0, 0.05) is 77.8 Å². The number of benzene rings is 3. The molecule has 6 heterocycles.